The molecule has 4 fully saturated rings. The number of hydrogen-bond acceptors (Lipinski definition) is 6. The molecule has 2 saturated heterocycles. The first-order valence-electron chi connectivity index (χ1n) is 9.42. The average molecular weight is 405 g/mol. The van der Waals surface area contributed by atoms with Crippen LogP contribution in [0.4, 0.5) is 0 Å². The van der Waals surface area contributed by atoms with E-state index in [0.29, 0.717) is 33.9 Å². The van der Waals surface area contributed by atoms with E-state index in [9.17, 15) is 9.90 Å². The molecule has 7 heteroatoms. The lowest BCUT2D eigenvalue weighted by Gasteiger charge is -2.36. The predicted octanol–water partition coefficient (Wildman–Crippen LogP) is 2.35. The molecule has 1 N–H and O–H groups in total. The van der Waals surface area contributed by atoms with Crippen LogP contribution in [0.5, 0.6) is 0 Å². The van der Waals surface area contributed by atoms with Gasteiger partial charge in [-0.2, -0.15) is 0 Å². The molecule has 2 unspecified atom stereocenters. The van der Waals surface area contributed by atoms with Crippen molar-refractivity contribution in [1.82, 2.24) is 0 Å². The van der Waals surface area contributed by atoms with Crippen LogP contribution in [0.25, 0.3) is 0 Å². The summed E-state index contributed by atoms with van der Waals surface area (Å²) in [6, 6.07) is 7.79. The summed E-state index contributed by atoms with van der Waals surface area (Å²) in [6.45, 7) is 0. The Balaban J connectivity index is 1.27. The van der Waals surface area contributed by atoms with Crippen LogP contribution in [0, 0.1) is 5.92 Å². The molecule has 2 aliphatic heterocycles. The molecule has 5 nitrogen and oxygen atoms in total. The van der Waals surface area contributed by atoms with E-state index < -0.39 is 11.6 Å². The third-order valence-electron chi connectivity index (χ3n) is 7.54. The van der Waals surface area contributed by atoms with Crippen LogP contribution < -0.4 is 0 Å². The van der Waals surface area contributed by atoms with Gasteiger partial charge in [-0.25, -0.2) is 4.79 Å². The number of esters is 1. The van der Waals surface area contributed by atoms with Gasteiger partial charge in [0, 0.05) is 6.42 Å². The highest BCUT2D eigenvalue weighted by Gasteiger charge is 2.96. The zero-order valence-electron chi connectivity index (χ0n) is 15.2. The zero-order chi connectivity index (χ0) is 18.6. The third kappa shape index (κ3) is 1.83. The number of carbonyl (C=O) groups excluding carboxylic acids is 1. The van der Waals surface area contributed by atoms with Crippen molar-refractivity contribution >= 4 is 28.6 Å². The van der Waals surface area contributed by atoms with Crippen molar-refractivity contribution in [1.29, 1.82) is 0 Å². The fourth-order valence-corrected chi connectivity index (χ4v) is 7.92. The van der Waals surface area contributed by atoms with Crippen molar-refractivity contribution in [2.45, 2.75) is 48.3 Å². The van der Waals surface area contributed by atoms with Crippen molar-refractivity contribution in [3.05, 3.63) is 44.8 Å². The van der Waals surface area contributed by atoms with Crippen LogP contribution >= 0.6 is 22.7 Å². The fourth-order valence-electron chi connectivity index (χ4n) is 6.21. The number of likely N-dealkylation sites (N-methyl/N-ethyl adjacent to an activating group) is 1. The molecule has 0 aromatic carbocycles. The second-order valence-electron chi connectivity index (χ2n) is 8.73. The summed E-state index contributed by atoms with van der Waals surface area (Å²) in [5, 5.41) is 15.2. The molecular formula is C20H22NO4S2+. The molecule has 2 saturated carbocycles. The maximum atomic E-state index is 13.2. The van der Waals surface area contributed by atoms with Crippen LogP contribution in [0.15, 0.2) is 35.0 Å². The summed E-state index contributed by atoms with van der Waals surface area (Å²) in [7, 11) is 4.54. The molecule has 0 amide bonds. The topological polar surface area (TPSA) is 59.1 Å². The van der Waals surface area contributed by atoms with E-state index in [1.807, 2.05) is 22.9 Å². The second-order valence-corrected chi connectivity index (χ2v) is 10.6. The van der Waals surface area contributed by atoms with E-state index in [1.54, 1.807) is 12.1 Å². The van der Waals surface area contributed by atoms with Crippen molar-refractivity contribution in [2.75, 3.05) is 14.1 Å². The Hall–Kier alpha value is -1.25. The Morgan fingerprint density at radius 3 is 2.52 bits per heavy atom. The first-order chi connectivity index (χ1) is 12.9. The van der Waals surface area contributed by atoms with E-state index in [4.69, 9.17) is 9.47 Å². The van der Waals surface area contributed by atoms with Crippen molar-refractivity contribution in [2.24, 2.45) is 5.92 Å². The van der Waals surface area contributed by atoms with Gasteiger partial charge in [-0.3, -0.25) is 0 Å². The molecule has 2 aliphatic carbocycles. The standard InChI is InChI=1S/C20H22NO4S2/c1-21(2)13-10-11(9-12-16-17(25-16)19(12,13)21)24-18(22)20(23,14-5-3-7-26-14)15-6-4-8-27-15/h3-8,11-13,16-17,23H,9-10H2,1-2H3/q+1/t11-,12?,13+,16-,17-,19?/m1/s1. The minimum Gasteiger partial charge on any atom is -0.459 e. The van der Waals surface area contributed by atoms with Crippen LogP contribution in [0.3, 0.4) is 0 Å². The largest absolute Gasteiger partial charge is 0.459 e. The summed E-state index contributed by atoms with van der Waals surface area (Å²) >= 11 is 2.76. The fraction of sp³-hybridized carbons (Fsp3) is 0.550. The molecule has 142 valence electrons. The summed E-state index contributed by atoms with van der Waals surface area (Å²) in [4.78, 5) is 14.4. The highest BCUT2D eigenvalue weighted by Crippen LogP contribution is 2.75. The number of thiophene rings is 2. The summed E-state index contributed by atoms with van der Waals surface area (Å²) in [6.07, 6.45) is 2.33. The molecule has 0 radical (unpaired) electrons. The number of rotatable bonds is 4. The molecule has 1 spiro atoms. The molecule has 6 rings (SSSR count). The zero-order valence-corrected chi connectivity index (χ0v) is 16.8. The number of aliphatic hydroxyl groups is 1. The maximum Gasteiger partial charge on any atom is 0.349 e. The van der Waals surface area contributed by atoms with Gasteiger partial charge in [-0.1, -0.05) is 12.1 Å². The average Bonchev–Trinajstić information content (AvgIpc) is 3.21. The van der Waals surface area contributed by atoms with Gasteiger partial charge in [0.1, 0.15) is 18.3 Å². The van der Waals surface area contributed by atoms with Gasteiger partial charge in [-0.15, -0.1) is 22.7 Å². The SMILES string of the molecule is C[N+]1(C)[C@H]2C[C@H](OC(=O)C(O)(c3cccs3)c3cccs3)CC3[C@H]4O[C@H]4C321. The lowest BCUT2D eigenvalue weighted by atomic mass is 9.64. The van der Waals surface area contributed by atoms with Gasteiger partial charge in [-0.05, 0) is 29.3 Å². The number of hydrogen-bond donors (Lipinski definition) is 1. The van der Waals surface area contributed by atoms with Crippen LogP contribution in [-0.4, -0.2) is 59.5 Å². The lowest BCUT2D eigenvalue weighted by Crippen LogP contribution is -2.56. The Morgan fingerprint density at radius 2 is 1.93 bits per heavy atom. The number of carbonyl (C=O) groups is 1. The van der Waals surface area contributed by atoms with Crippen molar-refractivity contribution in [3.8, 4) is 0 Å². The van der Waals surface area contributed by atoms with Crippen molar-refractivity contribution < 1.29 is 23.9 Å². The van der Waals surface area contributed by atoms with Crippen molar-refractivity contribution in [3.63, 3.8) is 0 Å². The highest BCUT2D eigenvalue weighted by molar-refractivity contribution is 7.12. The number of quaternary nitrogens is 1. The number of likely N-dealkylation sites (tertiary alicyclic amines) is 1. The van der Waals surface area contributed by atoms with Gasteiger partial charge in [0.2, 0.25) is 5.60 Å². The number of nitrogens with zero attached hydrogens (tertiary/aromatic N) is 1. The van der Waals surface area contributed by atoms with Crippen LogP contribution in [0.1, 0.15) is 22.6 Å². The Labute approximate surface area is 165 Å². The molecule has 4 heterocycles. The lowest BCUT2D eigenvalue weighted by molar-refractivity contribution is -0.805. The number of ether oxygens (including phenoxy) is 2. The molecule has 2 aromatic heterocycles. The summed E-state index contributed by atoms with van der Waals surface area (Å²) in [5.41, 5.74) is -1.45. The van der Waals surface area contributed by atoms with E-state index in [1.165, 1.54) is 22.7 Å². The monoisotopic (exact) mass is 404 g/mol. The minimum absolute atomic E-state index is 0.155. The predicted molar refractivity (Wildman–Crippen MR) is 102 cm³/mol. The highest BCUT2D eigenvalue weighted by atomic mass is 32.1. The second kappa shape index (κ2) is 5.02. The van der Waals surface area contributed by atoms with Gasteiger partial charge < -0.3 is 19.1 Å². The Morgan fingerprint density at radius 1 is 1.26 bits per heavy atom. The molecule has 27 heavy (non-hydrogen) atoms. The molecule has 6 atom stereocenters. The van der Waals surface area contributed by atoms with E-state index in [-0.39, 0.29) is 11.6 Å². The van der Waals surface area contributed by atoms with E-state index in [0.717, 1.165) is 17.3 Å². The van der Waals surface area contributed by atoms with Gasteiger partial charge in [0.05, 0.1) is 29.8 Å². The van der Waals surface area contributed by atoms with Crippen LogP contribution in [0.2, 0.25) is 0 Å². The molecular weight excluding hydrogens is 382 g/mol. The summed E-state index contributed by atoms with van der Waals surface area (Å²) in [5.74, 6) is -0.0749. The first-order valence-corrected chi connectivity index (χ1v) is 11.2. The summed E-state index contributed by atoms with van der Waals surface area (Å²) < 4.78 is 12.8. The molecule has 0 bridgehead atoms. The molecule has 2 aromatic rings. The van der Waals surface area contributed by atoms with Gasteiger partial charge >= 0.3 is 5.97 Å². The van der Waals surface area contributed by atoms with Gasteiger partial charge in [0.25, 0.3) is 0 Å². The normalized spacial score (nSPS) is 40.2. The number of fused-ring (bicyclic) bond motifs is 2. The smallest absolute Gasteiger partial charge is 0.349 e. The first kappa shape index (κ1) is 16.7. The minimum atomic E-state index is -1.72. The molecule has 4 aliphatic rings. The van der Waals surface area contributed by atoms with E-state index >= 15 is 0 Å². The van der Waals surface area contributed by atoms with E-state index in [2.05, 4.69) is 14.1 Å². The Kier molecular flexibility index (Phi) is 3.10. The maximum absolute atomic E-state index is 13.2. The Bertz CT molecular complexity index is 864. The van der Waals surface area contributed by atoms with Crippen LogP contribution in [-0.2, 0) is 19.9 Å². The van der Waals surface area contributed by atoms with Gasteiger partial charge in [0.15, 0.2) is 11.6 Å². The quantitative estimate of drug-likeness (QED) is 0.483. The number of epoxide rings is 1. The third-order valence-corrected chi connectivity index (χ3v) is 9.50.